The van der Waals surface area contributed by atoms with Crippen LogP contribution >= 0.6 is 11.6 Å². The van der Waals surface area contributed by atoms with Crippen molar-refractivity contribution in [3.05, 3.63) is 38.9 Å². The minimum Gasteiger partial charge on any atom is -0.458 e. The standard InChI is InChI=1S/C17H22ClNO4/c1-10(2)13-6-4-11(3)8-16(13)23-17(20)14-7-5-12(19(21)22)9-15(14)18/h5,7,9-11,13,16H,4,6,8H2,1-3H3/t11-,13+,16+/m0/s1. The first-order valence-corrected chi connectivity index (χ1v) is 8.32. The van der Waals surface area contributed by atoms with Crippen LogP contribution in [-0.4, -0.2) is 17.0 Å². The Bertz CT molecular complexity index is 602. The Morgan fingerprint density at radius 3 is 2.65 bits per heavy atom. The van der Waals surface area contributed by atoms with E-state index in [2.05, 4.69) is 20.8 Å². The average molecular weight is 340 g/mol. The van der Waals surface area contributed by atoms with Crippen LogP contribution in [0.25, 0.3) is 0 Å². The number of non-ortho nitro benzene ring substituents is 1. The second kappa shape index (κ2) is 7.30. The predicted octanol–water partition coefficient (Wildman–Crippen LogP) is 4.87. The van der Waals surface area contributed by atoms with Crippen LogP contribution in [0.4, 0.5) is 5.69 Å². The van der Waals surface area contributed by atoms with Crippen LogP contribution in [-0.2, 0) is 4.74 Å². The van der Waals surface area contributed by atoms with Gasteiger partial charge in [0.15, 0.2) is 0 Å². The first-order valence-electron chi connectivity index (χ1n) is 7.94. The van der Waals surface area contributed by atoms with Gasteiger partial charge in [0.1, 0.15) is 6.10 Å². The smallest absolute Gasteiger partial charge is 0.339 e. The topological polar surface area (TPSA) is 69.4 Å². The summed E-state index contributed by atoms with van der Waals surface area (Å²) >= 11 is 6.01. The number of esters is 1. The number of nitrogens with zero attached hydrogens (tertiary/aromatic N) is 1. The van der Waals surface area contributed by atoms with Crippen molar-refractivity contribution in [2.75, 3.05) is 0 Å². The van der Waals surface area contributed by atoms with Crippen molar-refractivity contribution in [2.45, 2.75) is 46.1 Å². The van der Waals surface area contributed by atoms with Gasteiger partial charge < -0.3 is 4.74 Å². The van der Waals surface area contributed by atoms with Gasteiger partial charge in [0.05, 0.1) is 15.5 Å². The fourth-order valence-corrected chi connectivity index (χ4v) is 3.49. The molecule has 6 heteroatoms. The molecule has 0 saturated heterocycles. The molecule has 1 aliphatic carbocycles. The summed E-state index contributed by atoms with van der Waals surface area (Å²) in [6.45, 7) is 6.44. The number of benzene rings is 1. The summed E-state index contributed by atoms with van der Waals surface area (Å²) in [5.41, 5.74) is 0.0379. The van der Waals surface area contributed by atoms with Gasteiger partial charge in [-0.3, -0.25) is 10.1 Å². The normalized spacial score (nSPS) is 24.5. The van der Waals surface area contributed by atoms with Crippen molar-refractivity contribution in [3.63, 3.8) is 0 Å². The quantitative estimate of drug-likeness (QED) is 0.446. The van der Waals surface area contributed by atoms with Crippen LogP contribution in [0.2, 0.25) is 5.02 Å². The maximum absolute atomic E-state index is 12.4. The Balaban J connectivity index is 2.15. The number of carbonyl (C=O) groups is 1. The third kappa shape index (κ3) is 4.22. The molecule has 3 atom stereocenters. The zero-order valence-corrected chi connectivity index (χ0v) is 14.4. The summed E-state index contributed by atoms with van der Waals surface area (Å²) in [7, 11) is 0. The number of hydrogen-bond acceptors (Lipinski definition) is 4. The highest BCUT2D eigenvalue weighted by molar-refractivity contribution is 6.33. The van der Waals surface area contributed by atoms with Gasteiger partial charge in [-0.1, -0.05) is 38.8 Å². The summed E-state index contributed by atoms with van der Waals surface area (Å²) in [5, 5.41) is 10.8. The Morgan fingerprint density at radius 1 is 1.39 bits per heavy atom. The van der Waals surface area contributed by atoms with Crippen LogP contribution in [0.3, 0.4) is 0 Å². The van der Waals surface area contributed by atoms with E-state index in [-0.39, 0.29) is 22.4 Å². The minimum absolute atomic E-state index is 0.0501. The second-order valence-corrected chi connectivity index (χ2v) is 7.10. The zero-order chi connectivity index (χ0) is 17.1. The van der Waals surface area contributed by atoms with E-state index in [1.165, 1.54) is 18.2 Å². The summed E-state index contributed by atoms with van der Waals surface area (Å²) in [6, 6.07) is 3.81. The lowest BCUT2D eigenvalue weighted by atomic mass is 9.75. The van der Waals surface area contributed by atoms with Gasteiger partial charge in [0.25, 0.3) is 5.69 Å². The highest BCUT2D eigenvalue weighted by Crippen LogP contribution is 2.36. The maximum atomic E-state index is 12.4. The molecular formula is C17H22ClNO4. The van der Waals surface area contributed by atoms with E-state index in [0.717, 1.165) is 19.3 Å². The van der Waals surface area contributed by atoms with Gasteiger partial charge in [-0.2, -0.15) is 0 Å². The highest BCUT2D eigenvalue weighted by Gasteiger charge is 2.34. The third-order valence-electron chi connectivity index (χ3n) is 4.60. The summed E-state index contributed by atoms with van der Waals surface area (Å²) in [4.78, 5) is 22.6. The molecule has 0 N–H and O–H groups in total. The van der Waals surface area contributed by atoms with Crippen molar-refractivity contribution in [1.29, 1.82) is 0 Å². The van der Waals surface area contributed by atoms with E-state index in [1.807, 2.05) is 0 Å². The fraction of sp³-hybridized carbons (Fsp3) is 0.588. The molecule has 1 aromatic rings. The Hall–Kier alpha value is -1.62. The van der Waals surface area contributed by atoms with Crippen molar-refractivity contribution in [3.8, 4) is 0 Å². The molecule has 2 rings (SSSR count). The summed E-state index contributed by atoms with van der Waals surface area (Å²) in [6.07, 6.45) is 2.91. The van der Waals surface area contributed by atoms with Gasteiger partial charge >= 0.3 is 5.97 Å². The van der Waals surface area contributed by atoms with Gasteiger partial charge in [-0.15, -0.1) is 0 Å². The molecule has 0 amide bonds. The van der Waals surface area contributed by atoms with Gasteiger partial charge in [-0.25, -0.2) is 4.79 Å². The van der Waals surface area contributed by atoms with Crippen molar-refractivity contribution < 1.29 is 14.5 Å². The Morgan fingerprint density at radius 2 is 2.09 bits per heavy atom. The van der Waals surface area contributed by atoms with Gasteiger partial charge in [0.2, 0.25) is 0 Å². The van der Waals surface area contributed by atoms with Gasteiger partial charge in [0, 0.05) is 12.1 Å². The van der Waals surface area contributed by atoms with Gasteiger partial charge in [-0.05, 0) is 36.7 Å². The van der Waals surface area contributed by atoms with E-state index in [1.54, 1.807) is 0 Å². The van der Waals surface area contributed by atoms with E-state index in [0.29, 0.717) is 17.8 Å². The molecule has 0 radical (unpaired) electrons. The Labute approximate surface area is 141 Å². The lowest BCUT2D eigenvalue weighted by Gasteiger charge is -2.36. The molecule has 0 unspecified atom stereocenters. The second-order valence-electron chi connectivity index (χ2n) is 6.69. The largest absolute Gasteiger partial charge is 0.458 e. The summed E-state index contributed by atoms with van der Waals surface area (Å²) < 4.78 is 5.71. The third-order valence-corrected chi connectivity index (χ3v) is 4.92. The van der Waals surface area contributed by atoms with E-state index < -0.39 is 10.9 Å². The number of hydrogen-bond donors (Lipinski definition) is 0. The SMILES string of the molecule is CC(C)[C@H]1CC[C@H](C)C[C@H]1OC(=O)c1ccc([N+](=O)[O-])cc1Cl. The van der Waals surface area contributed by atoms with E-state index in [4.69, 9.17) is 16.3 Å². The lowest BCUT2D eigenvalue weighted by Crippen LogP contribution is -2.35. The van der Waals surface area contributed by atoms with Crippen molar-refractivity contribution in [2.24, 2.45) is 17.8 Å². The lowest BCUT2D eigenvalue weighted by molar-refractivity contribution is -0.384. The first kappa shape index (κ1) is 17.7. The first-order chi connectivity index (χ1) is 10.8. The van der Waals surface area contributed by atoms with Crippen molar-refractivity contribution >= 4 is 23.3 Å². The number of halogens is 1. The molecule has 126 valence electrons. The molecule has 5 nitrogen and oxygen atoms in total. The monoisotopic (exact) mass is 339 g/mol. The molecule has 1 saturated carbocycles. The molecule has 0 spiro atoms. The molecule has 1 fully saturated rings. The van der Waals surface area contributed by atoms with E-state index >= 15 is 0 Å². The molecule has 0 heterocycles. The summed E-state index contributed by atoms with van der Waals surface area (Å²) in [5.74, 6) is 0.796. The molecule has 0 aromatic heterocycles. The molecule has 1 aromatic carbocycles. The zero-order valence-electron chi connectivity index (χ0n) is 13.6. The molecule has 0 aliphatic heterocycles. The molecule has 1 aliphatic rings. The molecular weight excluding hydrogens is 318 g/mol. The minimum atomic E-state index is -0.543. The number of carbonyl (C=O) groups excluding carboxylic acids is 1. The number of rotatable bonds is 4. The van der Waals surface area contributed by atoms with Crippen LogP contribution in [0.15, 0.2) is 18.2 Å². The van der Waals surface area contributed by atoms with Crippen LogP contribution in [0.5, 0.6) is 0 Å². The Kier molecular flexibility index (Phi) is 5.63. The number of nitro groups is 1. The average Bonchev–Trinajstić information content (AvgIpc) is 2.46. The van der Waals surface area contributed by atoms with Crippen LogP contribution in [0, 0.1) is 27.9 Å². The van der Waals surface area contributed by atoms with Crippen LogP contribution < -0.4 is 0 Å². The van der Waals surface area contributed by atoms with Crippen molar-refractivity contribution in [1.82, 2.24) is 0 Å². The molecule has 0 bridgehead atoms. The number of ether oxygens (including phenoxy) is 1. The number of nitro benzene ring substituents is 1. The predicted molar refractivity (Wildman–Crippen MR) is 88.7 cm³/mol. The molecule has 23 heavy (non-hydrogen) atoms. The van der Waals surface area contributed by atoms with Crippen LogP contribution in [0.1, 0.15) is 50.4 Å². The van der Waals surface area contributed by atoms with E-state index in [9.17, 15) is 14.9 Å². The highest BCUT2D eigenvalue weighted by atomic mass is 35.5. The maximum Gasteiger partial charge on any atom is 0.339 e. The fourth-order valence-electron chi connectivity index (χ4n) is 3.23.